The molecule has 31 heavy (non-hydrogen) atoms. The topological polar surface area (TPSA) is 86.2 Å². The second kappa shape index (κ2) is 10.3. The normalized spacial score (nSPS) is 10.5. The van der Waals surface area contributed by atoms with Gasteiger partial charge in [0.15, 0.2) is 11.5 Å². The largest absolute Gasteiger partial charge is 0.497 e. The Labute approximate surface area is 184 Å². The average Bonchev–Trinajstić information content (AvgIpc) is 2.80. The molecule has 7 nitrogen and oxygen atoms in total. The molecular weight excluding hydrogens is 420 g/mol. The van der Waals surface area contributed by atoms with Gasteiger partial charge in [-0.3, -0.25) is 4.79 Å². The van der Waals surface area contributed by atoms with E-state index in [9.17, 15) is 9.59 Å². The molecule has 8 heteroatoms. The number of hydrogen-bond donors (Lipinski definition) is 1. The summed E-state index contributed by atoms with van der Waals surface area (Å²) in [5.41, 5.74) is 3.87. The Morgan fingerprint density at radius 2 is 1.55 bits per heavy atom. The van der Waals surface area contributed by atoms with Crippen LogP contribution < -0.4 is 19.6 Å². The van der Waals surface area contributed by atoms with Crippen molar-refractivity contribution in [2.75, 3.05) is 14.2 Å². The molecule has 1 N–H and O–H groups in total. The van der Waals surface area contributed by atoms with Gasteiger partial charge in [0.1, 0.15) is 5.75 Å². The van der Waals surface area contributed by atoms with Crippen LogP contribution in [0.1, 0.15) is 26.3 Å². The molecule has 0 fully saturated rings. The number of benzene rings is 3. The predicted molar refractivity (Wildman–Crippen MR) is 117 cm³/mol. The monoisotopic (exact) mass is 438 g/mol. The van der Waals surface area contributed by atoms with E-state index in [0.29, 0.717) is 33.2 Å². The minimum Gasteiger partial charge on any atom is -0.497 e. The van der Waals surface area contributed by atoms with Crippen LogP contribution in [0.5, 0.6) is 17.2 Å². The highest BCUT2D eigenvalue weighted by Crippen LogP contribution is 2.28. The number of amides is 1. The number of hydrogen-bond acceptors (Lipinski definition) is 6. The van der Waals surface area contributed by atoms with Crippen molar-refractivity contribution in [3.63, 3.8) is 0 Å². The number of hydrazone groups is 1. The third kappa shape index (κ3) is 5.83. The zero-order valence-electron chi connectivity index (χ0n) is 16.8. The van der Waals surface area contributed by atoms with E-state index < -0.39 is 5.97 Å². The third-order valence-corrected chi connectivity index (χ3v) is 4.45. The average molecular weight is 439 g/mol. The minimum atomic E-state index is -0.530. The van der Waals surface area contributed by atoms with E-state index in [0.717, 1.165) is 0 Å². The fourth-order valence-electron chi connectivity index (χ4n) is 2.57. The number of rotatable bonds is 7. The molecule has 3 aromatic rings. The van der Waals surface area contributed by atoms with Gasteiger partial charge in [0, 0.05) is 10.6 Å². The van der Waals surface area contributed by atoms with Crippen LogP contribution in [0.25, 0.3) is 0 Å². The quantitative estimate of drug-likeness (QED) is 0.256. The van der Waals surface area contributed by atoms with Gasteiger partial charge < -0.3 is 14.2 Å². The standard InChI is InChI=1S/C23H19ClN2O5/c1-29-19-10-6-17(7-11-19)23(28)31-20-12-3-15(13-21(20)30-2)14-25-26-22(27)16-4-8-18(24)9-5-16/h3-14H,1-2H3,(H,26,27). The van der Waals surface area contributed by atoms with Gasteiger partial charge in [-0.2, -0.15) is 5.10 Å². The van der Waals surface area contributed by atoms with Gasteiger partial charge in [0.2, 0.25) is 0 Å². The fourth-order valence-corrected chi connectivity index (χ4v) is 2.69. The Kier molecular flexibility index (Phi) is 7.24. The summed E-state index contributed by atoms with van der Waals surface area (Å²) in [5, 5.41) is 4.48. The minimum absolute atomic E-state index is 0.255. The molecule has 3 rings (SSSR count). The van der Waals surface area contributed by atoms with Gasteiger partial charge in [0.05, 0.1) is 26.0 Å². The number of methoxy groups -OCH3 is 2. The Morgan fingerprint density at radius 1 is 0.871 bits per heavy atom. The molecule has 0 aliphatic rings. The van der Waals surface area contributed by atoms with Crippen LogP contribution in [0.3, 0.4) is 0 Å². The molecule has 3 aromatic carbocycles. The number of esters is 1. The van der Waals surface area contributed by atoms with Gasteiger partial charge in [-0.15, -0.1) is 0 Å². The van der Waals surface area contributed by atoms with Crippen molar-refractivity contribution in [2.45, 2.75) is 0 Å². The summed E-state index contributed by atoms with van der Waals surface area (Å²) in [5.74, 6) is 0.337. The Balaban J connectivity index is 1.66. The van der Waals surface area contributed by atoms with Crippen LogP contribution >= 0.6 is 11.6 Å². The molecule has 0 aliphatic heterocycles. The second-order valence-corrected chi connectivity index (χ2v) is 6.67. The van der Waals surface area contributed by atoms with Crippen LogP contribution in [0, 0.1) is 0 Å². The van der Waals surface area contributed by atoms with Gasteiger partial charge in [-0.25, -0.2) is 10.2 Å². The molecule has 0 atom stereocenters. The number of ether oxygens (including phenoxy) is 3. The molecule has 0 spiro atoms. The van der Waals surface area contributed by atoms with E-state index in [1.807, 2.05) is 0 Å². The van der Waals surface area contributed by atoms with Crippen LogP contribution in [-0.2, 0) is 0 Å². The van der Waals surface area contributed by atoms with Gasteiger partial charge in [-0.1, -0.05) is 11.6 Å². The SMILES string of the molecule is COc1ccc(C(=O)Oc2ccc(C=NNC(=O)c3ccc(Cl)cc3)cc2OC)cc1. The molecule has 0 saturated carbocycles. The molecule has 0 aromatic heterocycles. The van der Waals surface area contributed by atoms with Crippen molar-refractivity contribution in [3.05, 3.63) is 88.4 Å². The molecule has 0 saturated heterocycles. The van der Waals surface area contributed by atoms with E-state index in [1.54, 1.807) is 73.8 Å². The van der Waals surface area contributed by atoms with Crippen molar-refractivity contribution in [1.29, 1.82) is 0 Å². The zero-order chi connectivity index (χ0) is 22.2. The highest BCUT2D eigenvalue weighted by molar-refractivity contribution is 6.30. The van der Waals surface area contributed by atoms with E-state index in [-0.39, 0.29) is 11.7 Å². The van der Waals surface area contributed by atoms with Crippen LogP contribution in [0.15, 0.2) is 71.8 Å². The Bertz CT molecular complexity index is 1100. The van der Waals surface area contributed by atoms with Crippen molar-refractivity contribution < 1.29 is 23.8 Å². The highest BCUT2D eigenvalue weighted by Gasteiger charge is 2.13. The first kappa shape index (κ1) is 21.9. The molecule has 158 valence electrons. The van der Waals surface area contributed by atoms with Gasteiger partial charge in [0.25, 0.3) is 5.91 Å². The summed E-state index contributed by atoms with van der Waals surface area (Å²) in [7, 11) is 3.01. The second-order valence-electron chi connectivity index (χ2n) is 6.23. The summed E-state index contributed by atoms with van der Waals surface area (Å²) < 4.78 is 15.8. The lowest BCUT2D eigenvalue weighted by atomic mass is 10.2. The molecule has 0 aliphatic carbocycles. The van der Waals surface area contributed by atoms with Crippen LogP contribution in [0.2, 0.25) is 5.02 Å². The first-order chi connectivity index (χ1) is 15.0. The number of halogens is 1. The molecule has 0 radical (unpaired) electrons. The highest BCUT2D eigenvalue weighted by atomic mass is 35.5. The third-order valence-electron chi connectivity index (χ3n) is 4.20. The van der Waals surface area contributed by atoms with E-state index >= 15 is 0 Å². The van der Waals surface area contributed by atoms with Gasteiger partial charge >= 0.3 is 5.97 Å². The van der Waals surface area contributed by atoms with Crippen molar-refractivity contribution >= 4 is 29.7 Å². The number of carbonyl (C=O) groups excluding carboxylic acids is 2. The molecule has 1 amide bonds. The molecule has 0 bridgehead atoms. The maximum absolute atomic E-state index is 12.4. The lowest BCUT2D eigenvalue weighted by molar-refractivity contribution is 0.0729. The van der Waals surface area contributed by atoms with Crippen LogP contribution in [0.4, 0.5) is 0 Å². The van der Waals surface area contributed by atoms with Crippen molar-refractivity contribution in [2.24, 2.45) is 5.10 Å². The summed E-state index contributed by atoms with van der Waals surface area (Å²) in [6, 6.07) is 17.9. The maximum Gasteiger partial charge on any atom is 0.343 e. The summed E-state index contributed by atoms with van der Waals surface area (Å²) in [6.07, 6.45) is 1.45. The first-order valence-corrected chi connectivity index (χ1v) is 9.51. The maximum atomic E-state index is 12.4. The number of nitrogens with one attached hydrogen (secondary N) is 1. The molecule has 0 unspecified atom stereocenters. The van der Waals surface area contributed by atoms with E-state index in [1.165, 1.54) is 13.3 Å². The molecule has 0 heterocycles. The van der Waals surface area contributed by atoms with Crippen LogP contribution in [-0.4, -0.2) is 32.3 Å². The number of nitrogens with zero attached hydrogens (tertiary/aromatic N) is 1. The van der Waals surface area contributed by atoms with E-state index in [2.05, 4.69) is 10.5 Å². The summed E-state index contributed by atoms with van der Waals surface area (Å²) in [6.45, 7) is 0. The van der Waals surface area contributed by atoms with Crippen molar-refractivity contribution in [1.82, 2.24) is 5.43 Å². The lowest BCUT2D eigenvalue weighted by Crippen LogP contribution is -2.17. The predicted octanol–water partition coefficient (Wildman–Crippen LogP) is 4.34. The zero-order valence-corrected chi connectivity index (χ0v) is 17.6. The Hall–Kier alpha value is -3.84. The smallest absolute Gasteiger partial charge is 0.343 e. The summed E-state index contributed by atoms with van der Waals surface area (Å²) >= 11 is 5.81. The van der Waals surface area contributed by atoms with Gasteiger partial charge in [-0.05, 0) is 72.3 Å². The Morgan fingerprint density at radius 3 is 2.19 bits per heavy atom. The molecular formula is C23H19ClN2O5. The lowest BCUT2D eigenvalue weighted by Gasteiger charge is -2.10. The first-order valence-electron chi connectivity index (χ1n) is 9.13. The van der Waals surface area contributed by atoms with Crippen molar-refractivity contribution in [3.8, 4) is 17.2 Å². The summed E-state index contributed by atoms with van der Waals surface area (Å²) in [4.78, 5) is 24.4. The van der Waals surface area contributed by atoms with E-state index in [4.69, 9.17) is 25.8 Å². The number of carbonyl (C=O) groups is 2. The fraction of sp³-hybridized carbons (Fsp3) is 0.0870.